The topological polar surface area (TPSA) is 35.2 Å². The minimum absolute atomic E-state index is 0.0139. The molecule has 2 heteroatoms. The minimum atomic E-state index is 0.0139. The van der Waals surface area contributed by atoms with Crippen molar-refractivity contribution in [2.24, 2.45) is 11.1 Å². The van der Waals surface area contributed by atoms with E-state index in [-0.39, 0.29) is 10.8 Å². The van der Waals surface area contributed by atoms with Crippen LogP contribution < -0.4 is 10.5 Å². The third-order valence-electron chi connectivity index (χ3n) is 3.11. The monoisotopic (exact) mass is 249 g/mol. The van der Waals surface area contributed by atoms with Gasteiger partial charge < -0.3 is 10.5 Å². The Balaban J connectivity index is 2.96. The number of aryl methyl sites for hydroxylation is 1. The van der Waals surface area contributed by atoms with Crippen LogP contribution in [0.25, 0.3) is 0 Å². The van der Waals surface area contributed by atoms with Gasteiger partial charge in [-0.2, -0.15) is 0 Å². The summed E-state index contributed by atoms with van der Waals surface area (Å²) in [4.78, 5) is 0. The van der Waals surface area contributed by atoms with Crippen molar-refractivity contribution in [2.45, 2.75) is 47.0 Å². The SMILES string of the molecule is Cc1ccc(OCC(C)(C)CN)c(C(C)(C)C)c1. The van der Waals surface area contributed by atoms with Gasteiger partial charge in [-0.3, -0.25) is 0 Å². The molecule has 0 aliphatic carbocycles. The minimum Gasteiger partial charge on any atom is -0.493 e. The van der Waals surface area contributed by atoms with E-state index in [1.165, 1.54) is 11.1 Å². The Morgan fingerprint density at radius 1 is 1.11 bits per heavy atom. The lowest BCUT2D eigenvalue weighted by Crippen LogP contribution is -2.30. The largest absolute Gasteiger partial charge is 0.493 e. The van der Waals surface area contributed by atoms with E-state index < -0.39 is 0 Å². The molecule has 0 radical (unpaired) electrons. The molecule has 2 N–H and O–H groups in total. The Bertz CT molecular complexity index is 402. The van der Waals surface area contributed by atoms with Crippen molar-refractivity contribution in [2.75, 3.05) is 13.2 Å². The van der Waals surface area contributed by atoms with Crippen LogP contribution in [0, 0.1) is 12.3 Å². The zero-order valence-corrected chi connectivity index (χ0v) is 12.6. The summed E-state index contributed by atoms with van der Waals surface area (Å²) in [6, 6.07) is 6.38. The maximum atomic E-state index is 5.99. The van der Waals surface area contributed by atoms with Crippen molar-refractivity contribution in [1.29, 1.82) is 0 Å². The lowest BCUT2D eigenvalue weighted by molar-refractivity contribution is 0.184. The molecule has 0 amide bonds. The molecule has 2 nitrogen and oxygen atoms in total. The summed E-state index contributed by atoms with van der Waals surface area (Å²) in [6.45, 7) is 14.3. The molecule has 1 aromatic carbocycles. The van der Waals surface area contributed by atoms with E-state index in [4.69, 9.17) is 10.5 Å². The molecule has 0 aliphatic heterocycles. The molecule has 0 aliphatic rings. The molecular formula is C16H27NO. The molecule has 0 spiro atoms. The molecule has 0 atom stereocenters. The summed E-state index contributed by atoms with van der Waals surface area (Å²) in [5.74, 6) is 0.981. The molecule has 0 heterocycles. The summed E-state index contributed by atoms with van der Waals surface area (Å²) < 4.78 is 5.99. The third kappa shape index (κ3) is 4.02. The fourth-order valence-corrected chi connectivity index (χ4v) is 1.69. The summed E-state index contributed by atoms with van der Waals surface area (Å²) >= 11 is 0. The van der Waals surface area contributed by atoms with Crippen LogP contribution in [-0.4, -0.2) is 13.2 Å². The second kappa shape index (κ2) is 5.31. The van der Waals surface area contributed by atoms with Crippen molar-refractivity contribution in [3.05, 3.63) is 29.3 Å². The number of hydrogen-bond acceptors (Lipinski definition) is 2. The molecule has 0 saturated carbocycles. The average molecular weight is 249 g/mol. The van der Waals surface area contributed by atoms with Gasteiger partial charge in [0.15, 0.2) is 0 Å². The van der Waals surface area contributed by atoms with Crippen LogP contribution in [0.4, 0.5) is 0 Å². The van der Waals surface area contributed by atoms with Crippen molar-refractivity contribution in [1.82, 2.24) is 0 Å². The number of rotatable bonds is 4. The van der Waals surface area contributed by atoms with Crippen LogP contribution in [0.3, 0.4) is 0 Å². The normalized spacial score (nSPS) is 12.6. The summed E-state index contributed by atoms with van der Waals surface area (Å²) in [6.07, 6.45) is 0. The average Bonchev–Trinajstić information content (AvgIpc) is 2.26. The quantitative estimate of drug-likeness (QED) is 0.884. The third-order valence-corrected chi connectivity index (χ3v) is 3.11. The zero-order valence-electron chi connectivity index (χ0n) is 12.6. The van der Waals surface area contributed by atoms with Gasteiger partial charge in [0.05, 0.1) is 6.61 Å². The summed E-state index contributed by atoms with van der Waals surface area (Å²) in [5.41, 5.74) is 8.37. The predicted molar refractivity (Wildman–Crippen MR) is 78.2 cm³/mol. The molecule has 1 aromatic rings. The molecule has 0 aromatic heterocycles. The number of benzene rings is 1. The Kier molecular flexibility index (Phi) is 4.44. The number of ether oxygens (including phenoxy) is 1. The summed E-state index contributed by atoms with van der Waals surface area (Å²) in [7, 11) is 0. The second-order valence-corrected chi connectivity index (χ2v) is 6.91. The van der Waals surface area contributed by atoms with E-state index in [0.717, 1.165) is 5.75 Å². The van der Waals surface area contributed by atoms with Crippen LogP contribution in [0.15, 0.2) is 18.2 Å². The van der Waals surface area contributed by atoms with E-state index >= 15 is 0 Å². The highest BCUT2D eigenvalue weighted by molar-refractivity contribution is 5.41. The standard InChI is InChI=1S/C16H27NO/c1-12-7-8-14(13(9-12)15(2,3)4)18-11-16(5,6)10-17/h7-9H,10-11,17H2,1-6H3. The van der Waals surface area contributed by atoms with Gasteiger partial charge in [-0.25, -0.2) is 0 Å². The van der Waals surface area contributed by atoms with Crippen molar-refractivity contribution in [3.63, 3.8) is 0 Å². The van der Waals surface area contributed by atoms with E-state index in [2.05, 4.69) is 59.7 Å². The van der Waals surface area contributed by atoms with Gasteiger partial charge in [0.2, 0.25) is 0 Å². The van der Waals surface area contributed by atoms with Gasteiger partial charge >= 0.3 is 0 Å². The van der Waals surface area contributed by atoms with E-state index in [0.29, 0.717) is 13.2 Å². The van der Waals surface area contributed by atoms with Gasteiger partial charge in [-0.05, 0) is 24.0 Å². The highest BCUT2D eigenvalue weighted by Gasteiger charge is 2.22. The first-order chi connectivity index (χ1) is 8.15. The van der Waals surface area contributed by atoms with E-state index in [9.17, 15) is 0 Å². The van der Waals surface area contributed by atoms with Gasteiger partial charge in [-0.15, -0.1) is 0 Å². The molecule has 0 unspecified atom stereocenters. The Morgan fingerprint density at radius 2 is 1.72 bits per heavy atom. The number of nitrogens with two attached hydrogens (primary N) is 1. The lowest BCUT2D eigenvalue weighted by Gasteiger charge is -2.27. The molecule has 0 fully saturated rings. The number of hydrogen-bond donors (Lipinski definition) is 1. The van der Waals surface area contributed by atoms with Gasteiger partial charge in [0, 0.05) is 12.0 Å². The van der Waals surface area contributed by atoms with Crippen LogP contribution >= 0.6 is 0 Å². The molecule has 0 saturated heterocycles. The Labute approximate surface area is 112 Å². The Morgan fingerprint density at radius 3 is 2.22 bits per heavy atom. The van der Waals surface area contributed by atoms with Crippen molar-refractivity contribution in [3.8, 4) is 5.75 Å². The fraction of sp³-hybridized carbons (Fsp3) is 0.625. The van der Waals surface area contributed by atoms with Gasteiger partial charge in [0.1, 0.15) is 5.75 Å². The highest BCUT2D eigenvalue weighted by Crippen LogP contribution is 2.32. The summed E-state index contributed by atoms with van der Waals surface area (Å²) in [5, 5.41) is 0. The predicted octanol–water partition coefficient (Wildman–Crippen LogP) is 3.66. The molecule has 1 rings (SSSR count). The van der Waals surface area contributed by atoms with Gasteiger partial charge in [-0.1, -0.05) is 52.3 Å². The van der Waals surface area contributed by atoms with Gasteiger partial charge in [0.25, 0.3) is 0 Å². The first-order valence-electron chi connectivity index (χ1n) is 6.60. The van der Waals surface area contributed by atoms with Crippen LogP contribution in [0.1, 0.15) is 45.7 Å². The lowest BCUT2D eigenvalue weighted by atomic mass is 9.85. The molecular weight excluding hydrogens is 222 g/mol. The maximum Gasteiger partial charge on any atom is 0.123 e. The van der Waals surface area contributed by atoms with Crippen LogP contribution in [0.5, 0.6) is 5.75 Å². The van der Waals surface area contributed by atoms with Crippen LogP contribution in [0.2, 0.25) is 0 Å². The molecule has 102 valence electrons. The second-order valence-electron chi connectivity index (χ2n) is 6.91. The molecule has 0 bridgehead atoms. The zero-order chi connectivity index (χ0) is 14.0. The first-order valence-corrected chi connectivity index (χ1v) is 6.60. The van der Waals surface area contributed by atoms with Crippen molar-refractivity contribution >= 4 is 0 Å². The van der Waals surface area contributed by atoms with E-state index in [1.807, 2.05) is 0 Å². The highest BCUT2D eigenvalue weighted by atomic mass is 16.5. The van der Waals surface area contributed by atoms with Crippen LogP contribution in [-0.2, 0) is 5.41 Å². The first kappa shape index (κ1) is 15.0. The van der Waals surface area contributed by atoms with E-state index in [1.54, 1.807) is 0 Å². The van der Waals surface area contributed by atoms with Crippen molar-refractivity contribution < 1.29 is 4.74 Å². The molecule has 18 heavy (non-hydrogen) atoms. The smallest absolute Gasteiger partial charge is 0.123 e. The Hall–Kier alpha value is -1.02. The fourth-order valence-electron chi connectivity index (χ4n) is 1.69. The maximum absolute atomic E-state index is 5.99.